The first-order valence-corrected chi connectivity index (χ1v) is 7.32. The van der Waals surface area contributed by atoms with Crippen LogP contribution in [-0.2, 0) is 15.6 Å². The van der Waals surface area contributed by atoms with E-state index in [2.05, 4.69) is 0 Å². The van der Waals surface area contributed by atoms with Crippen molar-refractivity contribution in [2.45, 2.75) is 18.7 Å². The van der Waals surface area contributed by atoms with Crippen LogP contribution in [0.1, 0.15) is 12.5 Å². The Morgan fingerprint density at radius 1 is 1.47 bits per heavy atom. The summed E-state index contributed by atoms with van der Waals surface area (Å²) >= 11 is 5.83. The van der Waals surface area contributed by atoms with Crippen LogP contribution in [0, 0.1) is 0 Å². The Morgan fingerprint density at radius 3 is 2.65 bits per heavy atom. The molecule has 1 unspecified atom stereocenters. The molecule has 4 nitrogen and oxygen atoms in total. The summed E-state index contributed by atoms with van der Waals surface area (Å²) in [6, 6.07) is 4.52. The van der Waals surface area contributed by atoms with E-state index in [-0.39, 0.29) is 17.5 Å². The van der Waals surface area contributed by atoms with Crippen molar-refractivity contribution in [3.8, 4) is 5.75 Å². The van der Waals surface area contributed by atoms with E-state index in [9.17, 15) is 8.42 Å². The Morgan fingerprint density at radius 2 is 2.12 bits per heavy atom. The molecule has 0 spiro atoms. The summed E-state index contributed by atoms with van der Waals surface area (Å²) in [5.41, 5.74) is 6.05. The van der Waals surface area contributed by atoms with Gasteiger partial charge < -0.3 is 10.5 Å². The van der Waals surface area contributed by atoms with E-state index in [1.54, 1.807) is 25.1 Å². The van der Waals surface area contributed by atoms with Crippen LogP contribution in [0.25, 0.3) is 0 Å². The van der Waals surface area contributed by atoms with Gasteiger partial charge in [0.2, 0.25) is 0 Å². The van der Waals surface area contributed by atoms with E-state index >= 15 is 0 Å². The fourth-order valence-corrected chi connectivity index (χ4v) is 3.37. The van der Waals surface area contributed by atoms with Crippen molar-refractivity contribution in [1.82, 2.24) is 0 Å². The number of benzene rings is 1. The van der Waals surface area contributed by atoms with Crippen LogP contribution in [0.15, 0.2) is 18.2 Å². The third-order valence-electron chi connectivity index (χ3n) is 2.13. The molecule has 0 radical (unpaired) electrons. The number of methoxy groups -OCH3 is 1. The van der Waals surface area contributed by atoms with Gasteiger partial charge in [-0.05, 0) is 25.1 Å². The van der Waals surface area contributed by atoms with Crippen molar-refractivity contribution in [3.05, 3.63) is 28.8 Å². The van der Waals surface area contributed by atoms with Crippen LogP contribution >= 0.6 is 11.6 Å². The number of halogens is 1. The number of nitrogens with two attached hydrogens (primary N) is 1. The molecule has 0 aliphatic carbocycles. The molecule has 0 aliphatic heterocycles. The topological polar surface area (TPSA) is 69.4 Å². The average Bonchev–Trinajstić information content (AvgIpc) is 2.14. The first-order valence-electron chi connectivity index (χ1n) is 5.12. The highest BCUT2D eigenvalue weighted by Crippen LogP contribution is 2.24. The first-order chi connectivity index (χ1) is 7.84. The molecule has 0 saturated heterocycles. The van der Waals surface area contributed by atoms with Crippen molar-refractivity contribution in [3.63, 3.8) is 0 Å². The van der Waals surface area contributed by atoms with Crippen LogP contribution in [-0.4, -0.2) is 27.3 Å². The lowest BCUT2D eigenvalue weighted by Gasteiger charge is -2.11. The molecule has 0 amide bonds. The van der Waals surface area contributed by atoms with Crippen molar-refractivity contribution >= 4 is 21.4 Å². The van der Waals surface area contributed by atoms with E-state index in [4.69, 9.17) is 22.1 Å². The molecular formula is C11H16ClNO3S. The van der Waals surface area contributed by atoms with Gasteiger partial charge in [0.25, 0.3) is 0 Å². The van der Waals surface area contributed by atoms with Gasteiger partial charge in [-0.2, -0.15) is 0 Å². The van der Waals surface area contributed by atoms with E-state index in [0.29, 0.717) is 16.3 Å². The van der Waals surface area contributed by atoms with Gasteiger partial charge in [0.1, 0.15) is 5.75 Å². The Labute approximate surface area is 107 Å². The summed E-state index contributed by atoms with van der Waals surface area (Å²) in [5.74, 6) is 0.351. The van der Waals surface area contributed by atoms with E-state index in [0.717, 1.165) is 0 Å². The maximum Gasteiger partial charge on any atom is 0.156 e. The Bertz CT molecular complexity index is 485. The first kappa shape index (κ1) is 14.3. The van der Waals surface area contributed by atoms with Crippen LogP contribution in [0.3, 0.4) is 0 Å². The Balaban J connectivity index is 2.98. The third kappa shape index (κ3) is 4.53. The van der Waals surface area contributed by atoms with Crippen molar-refractivity contribution in [1.29, 1.82) is 0 Å². The average molecular weight is 278 g/mol. The maximum absolute atomic E-state index is 11.8. The number of rotatable bonds is 5. The standard InChI is InChI=1S/C11H16ClNO3S/c1-8(13)6-17(14,15)7-9-5-10(12)3-4-11(9)16-2/h3-5,8H,6-7,13H2,1-2H3. The van der Waals surface area contributed by atoms with Crippen LogP contribution in [0.4, 0.5) is 0 Å². The molecule has 2 N–H and O–H groups in total. The molecule has 96 valence electrons. The Kier molecular flexibility index (Phi) is 4.80. The third-order valence-corrected chi connectivity index (χ3v) is 4.15. The van der Waals surface area contributed by atoms with Crippen molar-refractivity contribution in [2.24, 2.45) is 5.73 Å². The second-order valence-corrected chi connectivity index (χ2v) is 6.53. The smallest absolute Gasteiger partial charge is 0.156 e. The molecule has 0 fully saturated rings. The summed E-state index contributed by atoms with van der Waals surface area (Å²) in [6.07, 6.45) is 0. The number of ether oxygens (including phenoxy) is 1. The molecule has 1 aromatic carbocycles. The predicted molar refractivity (Wildman–Crippen MR) is 69.1 cm³/mol. The molecule has 0 heterocycles. The van der Waals surface area contributed by atoms with Gasteiger partial charge in [-0.25, -0.2) is 8.42 Å². The van der Waals surface area contributed by atoms with Crippen molar-refractivity contribution in [2.75, 3.05) is 12.9 Å². The molecule has 0 aliphatic rings. The Hall–Kier alpha value is -0.780. The lowest BCUT2D eigenvalue weighted by molar-refractivity contribution is 0.411. The minimum absolute atomic E-state index is 0.0529. The van der Waals surface area contributed by atoms with Gasteiger partial charge in [-0.1, -0.05) is 11.6 Å². The molecular weight excluding hydrogens is 262 g/mol. The summed E-state index contributed by atoms with van der Waals surface area (Å²) in [4.78, 5) is 0. The highest BCUT2D eigenvalue weighted by Gasteiger charge is 2.17. The van der Waals surface area contributed by atoms with Gasteiger partial charge in [-0.15, -0.1) is 0 Å². The molecule has 6 heteroatoms. The maximum atomic E-state index is 11.8. The minimum atomic E-state index is -3.25. The van der Waals surface area contributed by atoms with E-state index in [1.807, 2.05) is 0 Å². The van der Waals surface area contributed by atoms with Gasteiger partial charge in [-0.3, -0.25) is 0 Å². The SMILES string of the molecule is COc1ccc(Cl)cc1CS(=O)(=O)CC(C)N. The van der Waals surface area contributed by atoms with Crippen LogP contribution in [0.5, 0.6) is 5.75 Å². The second kappa shape index (κ2) is 5.71. The molecule has 17 heavy (non-hydrogen) atoms. The van der Waals surface area contributed by atoms with E-state index < -0.39 is 9.84 Å². The molecule has 1 rings (SSSR count). The van der Waals surface area contributed by atoms with Gasteiger partial charge in [0, 0.05) is 16.6 Å². The summed E-state index contributed by atoms with van der Waals surface area (Å²) < 4.78 is 28.7. The van der Waals surface area contributed by atoms with Crippen LogP contribution < -0.4 is 10.5 Å². The lowest BCUT2D eigenvalue weighted by Crippen LogP contribution is -2.27. The normalized spacial score (nSPS) is 13.4. The largest absolute Gasteiger partial charge is 0.496 e. The fourth-order valence-electron chi connectivity index (χ4n) is 1.56. The van der Waals surface area contributed by atoms with Gasteiger partial charge in [0.05, 0.1) is 18.6 Å². The molecule has 1 atom stereocenters. The number of hydrogen-bond donors (Lipinski definition) is 1. The molecule has 0 aromatic heterocycles. The van der Waals surface area contributed by atoms with Gasteiger partial charge in [0.15, 0.2) is 9.84 Å². The zero-order chi connectivity index (χ0) is 13.1. The second-order valence-electron chi connectivity index (χ2n) is 3.99. The van der Waals surface area contributed by atoms with Gasteiger partial charge >= 0.3 is 0 Å². The number of sulfone groups is 1. The van der Waals surface area contributed by atoms with Crippen molar-refractivity contribution < 1.29 is 13.2 Å². The lowest BCUT2D eigenvalue weighted by atomic mass is 10.2. The highest BCUT2D eigenvalue weighted by molar-refractivity contribution is 7.90. The summed E-state index contributed by atoms with van der Waals surface area (Å²) in [6.45, 7) is 1.66. The minimum Gasteiger partial charge on any atom is -0.496 e. The fraction of sp³-hybridized carbons (Fsp3) is 0.455. The number of hydrogen-bond acceptors (Lipinski definition) is 4. The van der Waals surface area contributed by atoms with E-state index in [1.165, 1.54) is 7.11 Å². The summed E-state index contributed by atoms with van der Waals surface area (Å²) in [7, 11) is -1.76. The summed E-state index contributed by atoms with van der Waals surface area (Å²) in [5, 5.41) is 0.483. The monoisotopic (exact) mass is 277 g/mol. The predicted octanol–water partition coefficient (Wildman–Crippen LogP) is 1.61. The highest BCUT2D eigenvalue weighted by atomic mass is 35.5. The zero-order valence-corrected chi connectivity index (χ0v) is 11.4. The van der Waals surface area contributed by atoms with Crippen LogP contribution in [0.2, 0.25) is 5.02 Å². The molecule has 0 bridgehead atoms. The zero-order valence-electron chi connectivity index (χ0n) is 9.81. The molecule has 1 aromatic rings. The quantitative estimate of drug-likeness (QED) is 0.888. The molecule has 0 saturated carbocycles.